The van der Waals surface area contributed by atoms with Gasteiger partial charge in [-0.1, -0.05) is 44.2 Å². The number of methoxy groups -OCH3 is 3. The number of morpholine rings is 1. The molecule has 4 aromatic rings. The minimum Gasteiger partial charge on any atom is -0.501 e. The van der Waals surface area contributed by atoms with Gasteiger partial charge in [-0.15, -0.1) is 0 Å². The van der Waals surface area contributed by atoms with Crippen LogP contribution in [-0.4, -0.2) is 47.6 Å². The zero-order chi connectivity index (χ0) is 35.3. The largest absolute Gasteiger partial charge is 0.501 e. The maximum atomic E-state index is 10.0. The number of ether oxygens (including phenoxy) is 5. The highest BCUT2D eigenvalue weighted by atomic mass is 16.5. The lowest BCUT2D eigenvalue weighted by Gasteiger charge is -2.41. The maximum Gasteiger partial charge on any atom is 0.174 e. The summed E-state index contributed by atoms with van der Waals surface area (Å²) in [7, 11) is 5.17. The number of hydrogen-bond donors (Lipinski definition) is 0. The Morgan fingerprint density at radius 3 is 2.29 bits per heavy atom. The molecule has 2 heterocycles. The molecule has 1 atom stereocenters. The molecular weight excluding hydrogens is 636 g/mol. The van der Waals surface area contributed by atoms with Gasteiger partial charge in [-0.25, -0.2) is 0 Å². The fraction of sp³-hybridized carbons (Fsp3) is 0.341. The van der Waals surface area contributed by atoms with Crippen molar-refractivity contribution in [3.8, 4) is 34.4 Å². The van der Waals surface area contributed by atoms with E-state index in [2.05, 4.69) is 85.5 Å². The second-order valence-corrected chi connectivity index (χ2v) is 13.8. The van der Waals surface area contributed by atoms with Crippen molar-refractivity contribution in [1.29, 1.82) is 5.26 Å². The minimum atomic E-state index is -0.868. The van der Waals surface area contributed by atoms with Crippen LogP contribution in [0.3, 0.4) is 0 Å². The van der Waals surface area contributed by atoms with Crippen LogP contribution >= 0.6 is 0 Å². The first-order valence-corrected chi connectivity index (χ1v) is 18.0. The van der Waals surface area contributed by atoms with Crippen LogP contribution in [0.15, 0.2) is 84.2 Å². The number of nitrogens with zero attached hydrogens (tertiary/aromatic N) is 2. The van der Waals surface area contributed by atoms with Crippen molar-refractivity contribution in [2.24, 2.45) is 0 Å². The van der Waals surface area contributed by atoms with E-state index in [1.807, 2.05) is 18.2 Å². The average Bonchev–Trinajstić information content (AvgIpc) is 3.50. The number of rotatable bonds is 8. The standard InChI is InChI=1S/C44H44N2O5/c1-6-43(7-2)37-24-28(27-45)8-17-33(37)40-35-25-38(46-20-22-50-23-21-46)39(49-5)26-36(35)42-34(41(40)43)18-19-44(51-42,29-9-13-31(47-3)14-10-29)30-11-15-32(48-4)16-12-30/h8-11,13-15,17-19,24-26H,6-7,12,16,20-23H2,1-5H3. The molecule has 8 rings (SSSR count). The molecule has 0 N–H and O–H groups in total. The topological polar surface area (TPSA) is 73.2 Å². The molecule has 4 aromatic carbocycles. The van der Waals surface area contributed by atoms with Gasteiger partial charge in [-0.2, -0.15) is 5.26 Å². The van der Waals surface area contributed by atoms with Gasteiger partial charge in [0, 0.05) is 41.4 Å². The Labute approximate surface area is 300 Å². The Balaban J connectivity index is 1.46. The third-order valence-corrected chi connectivity index (χ3v) is 11.7. The molecule has 2 aliphatic heterocycles. The fourth-order valence-electron chi connectivity index (χ4n) is 8.94. The lowest BCUT2D eigenvalue weighted by Crippen LogP contribution is -2.37. The monoisotopic (exact) mass is 680 g/mol. The van der Waals surface area contributed by atoms with Gasteiger partial charge in [0.15, 0.2) is 5.60 Å². The van der Waals surface area contributed by atoms with Crippen LogP contribution in [0.25, 0.3) is 28.0 Å². The van der Waals surface area contributed by atoms with Gasteiger partial charge in [0.25, 0.3) is 0 Å². The van der Waals surface area contributed by atoms with E-state index in [4.69, 9.17) is 23.7 Å². The number of hydrogen-bond acceptors (Lipinski definition) is 7. The van der Waals surface area contributed by atoms with E-state index in [0.29, 0.717) is 18.8 Å². The molecule has 0 radical (unpaired) electrons. The third kappa shape index (κ3) is 4.95. The van der Waals surface area contributed by atoms with Crippen LogP contribution in [0.5, 0.6) is 17.2 Å². The highest BCUT2D eigenvalue weighted by molar-refractivity contribution is 6.10. The molecule has 7 heteroatoms. The molecule has 51 heavy (non-hydrogen) atoms. The Hall–Kier alpha value is -5.19. The van der Waals surface area contributed by atoms with Crippen molar-refractivity contribution >= 4 is 22.5 Å². The second kappa shape index (κ2) is 12.9. The number of anilines is 1. The zero-order valence-electron chi connectivity index (χ0n) is 30.1. The van der Waals surface area contributed by atoms with Gasteiger partial charge in [0.2, 0.25) is 0 Å². The highest BCUT2D eigenvalue weighted by Gasteiger charge is 2.47. The molecule has 4 aliphatic rings. The van der Waals surface area contributed by atoms with Crippen molar-refractivity contribution in [2.45, 2.75) is 50.5 Å². The molecule has 2 aliphatic carbocycles. The normalized spacial score (nSPS) is 20.0. The maximum absolute atomic E-state index is 10.0. The Morgan fingerprint density at radius 1 is 0.863 bits per heavy atom. The highest BCUT2D eigenvalue weighted by Crippen LogP contribution is 2.61. The predicted octanol–water partition coefficient (Wildman–Crippen LogP) is 9.20. The molecule has 1 unspecified atom stereocenters. The van der Waals surface area contributed by atoms with Crippen LogP contribution in [0, 0.1) is 11.3 Å². The van der Waals surface area contributed by atoms with E-state index in [-0.39, 0.29) is 5.41 Å². The molecule has 0 amide bonds. The van der Waals surface area contributed by atoms with Gasteiger partial charge in [0.1, 0.15) is 17.2 Å². The molecule has 1 fully saturated rings. The molecule has 260 valence electrons. The van der Waals surface area contributed by atoms with Crippen LogP contribution in [0.2, 0.25) is 0 Å². The van der Waals surface area contributed by atoms with E-state index < -0.39 is 5.60 Å². The van der Waals surface area contributed by atoms with Gasteiger partial charge in [-0.05, 0) is 101 Å². The SMILES string of the molecule is CCC1(CC)c2cc(C#N)ccc2-c2c1c1c(c3cc(OC)c(N4CCOCC4)cc23)OC(C2=CC=C(OC)CC2)(c2ccc(OC)cc2)C=C1. The minimum absolute atomic E-state index is 0.303. The predicted molar refractivity (Wildman–Crippen MR) is 202 cm³/mol. The summed E-state index contributed by atoms with van der Waals surface area (Å²) in [4.78, 5) is 2.37. The van der Waals surface area contributed by atoms with Crippen molar-refractivity contribution in [3.05, 3.63) is 112 Å². The molecule has 0 aromatic heterocycles. The van der Waals surface area contributed by atoms with Crippen molar-refractivity contribution in [2.75, 3.05) is 52.5 Å². The van der Waals surface area contributed by atoms with Crippen molar-refractivity contribution in [1.82, 2.24) is 0 Å². The lowest BCUT2D eigenvalue weighted by molar-refractivity contribution is 0.122. The Bertz CT molecular complexity index is 2160. The average molecular weight is 681 g/mol. The smallest absolute Gasteiger partial charge is 0.174 e. The van der Waals surface area contributed by atoms with Gasteiger partial charge < -0.3 is 28.6 Å². The van der Waals surface area contributed by atoms with Crippen LogP contribution < -0.4 is 19.1 Å². The molecule has 7 nitrogen and oxygen atoms in total. The van der Waals surface area contributed by atoms with Crippen molar-refractivity contribution < 1.29 is 23.7 Å². The summed E-state index contributed by atoms with van der Waals surface area (Å²) in [5, 5.41) is 12.1. The summed E-state index contributed by atoms with van der Waals surface area (Å²) in [6.07, 6.45) is 12.1. The van der Waals surface area contributed by atoms with E-state index >= 15 is 0 Å². The third-order valence-electron chi connectivity index (χ3n) is 11.7. The van der Waals surface area contributed by atoms with Crippen LogP contribution in [-0.2, 0) is 20.5 Å². The molecule has 1 saturated heterocycles. The van der Waals surface area contributed by atoms with Crippen LogP contribution in [0.1, 0.15) is 67.3 Å². The summed E-state index contributed by atoms with van der Waals surface area (Å²) >= 11 is 0. The number of benzene rings is 4. The number of allylic oxidation sites excluding steroid dienone is 3. The Morgan fingerprint density at radius 2 is 1.65 bits per heavy atom. The number of fused-ring (bicyclic) bond motifs is 8. The summed E-state index contributed by atoms with van der Waals surface area (Å²) < 4.78 is 30.7. The first-order valence-electron chi connectivity index (χ1n) is 18.0. The quantitative estimate of drug-likeness (QED) is 0.184. The van der Waals surface area contributed by atoms with E-state index in [1.54, 1.807) is 21.3 Å². The molecular formula is C44H44N2O5. The summed E-state index contributed by atoms with van der Waals surface area (Å²) in [6.45, 7) is 7.46. The van der Waals surface area contributed by atoms with Crippen LogP contribution in [0.4, 0.5) is 5.69 Å². The Kier molecular flexibility index (Phi) is 8.31. The van der Waals surface area contributed by atoms with Gasteiger partial charge in [0.05, 0.1) is 57.6 Å². The summed E-state index contributed by atoms with van der Waals surface area (Å²) in [6, 6.07) is 21.4. The van der Waals surface area contributed by atoms with Crippen molar-refractivity contribution in [3.63, 3.8) is 0 Å². The van der Waals surface area contributed by atoms with E-state index in [1.165, 1.54) is 22.3 Å². The lowest BCUT2D eigenvalue weighted by atomic mass is 9.70. The van der Waals surface area contributed by atoms with E-state index in [9.17, 15) is 5.26 Å². The molecule has 0 bridgehead atoms. The number of nitriles is 1. The zero-order valence-corrected chi connectivity index (χ0v) is 30.1. The first-order chi connectivity index (χ1) is 24.9. The molecule has 0 spiro atoms. The summed E-state index contributed by atoms with van der Waals surface area (Å²) in [5.41, 5.74) is 8.72. The van der Waals surface area contributed by atoms with Gasteiger partial charge in [-0.3, -0.25) is 0 Å². The van der Waals surface area contributed by atoms with Gasteiger partial charge >= 0.3 is 0 Å². The van der Waals surface area contributed by atoms with E-state index in [0.717, 1.165) is 94.9 Å². The fourth-order valence-corrected chi connectivity index (χ4v) is 8.94. The second-order valence-electron chi connectivity index (χ2n) is 13.8. The molecule has 0 saturated carbocycles. The summed E-state index contributed by atoms with van der Waals surface area (Å²) in [5.74, 6) is 3.40. The first kappa shape index (κ1) is 33.0.